The summed E-state index contributed by atoms with van der Waals surface area (Å²) >= 11 is 0. The molecule has 0 aliphatic carbocycles. The molecule has 3 N–H and O–H groups in total. The lowest BCUT2D eigenvalue weighted by Gasteiger charge is -2.10. The molecular formula is C19H16N2O3. The molecule has 3 rings (SSSR count). The number of aromatic nitrogens is 1. The maximum Gasteiger partial charge on any atom is 0.335 e. The Morgan fingerprint density at radius 3 is 2.42 bits per heavy atom. The summed E-state index contributed by atoms with van der Waals surface area (Å²) in [5.74, 6) is -0.139. The molecule has 0 atom stereocenters. The van der Waals surface area contributed by atoms with Gasteiger partial charge in [0.2, 0.25) is 0 Å². The lowest BCUT2D eigenvalue weighted by Crippen LogP contribution is -2.01. The first kappa shape index (κ1) is 15.6. The molecule has 0 saturated carbocycles. The SMILES string of the molecule is Nc1ncc(-c2ccc(C(=O)O)cc2)cc1OCc1ccccc1. The van der Waals surface area contributed by atoms with E-state index in [1.807, 2.05) is 30.3 Å². The summed E-state index contributed by atoms with van der Waals surface area (Å²) in [4.78, 5) is 15.1. The monoisotopic (exact) mass is 320 g/mol. The second-order valence-electron chi connectivity index (χ2n) is 5.26. The van der Waals surface area contributed by atoms with E-state index in [1.54, 1.807) is 36.5 Å². The van der Waals surface area contributed by atoms with Crippen LogP contribution >= 0.6 is 0 Å². The number of hydrogen-bond donors (Lipinski definition) is 2. The van der Waals surface area contributed by atoms with E-state index in [-0.39, 0.29) is 5.56 Å². The molecule has 3 aromatic rings. The van der Waals surface area contributed by atoms with Crippen LogP contribution < -0.4 is 10.5 Å². The third kappa shape index (κ3) is 3.52. The Morgan fingerprint density at radius 1 is 1.04 bits per heavy atom. The molecule has 0 saturated heterocycles. The number of aromatic carboxylic acids is 1. The second kappa shape index (κ2) is 6.83. The number of nitrogen functional groups attached to an aromatic ring is 1. The zero-order chi connectivity index (χ0) is 16.9. The van der Waals surface area contributed by atoms with Crippen molar-refractivity contribution in [3.63, 3.8) is 0 Å². The summed E-state index contributed by atoms with van der Waals surface area (Å²) in [7, 11) is 0. The molecular weight excluding hydrogens is 304 g/mol. The van der Waals surface area contributed by atoms with Gasteiger partial charge in [0.15, 0.2) is 11.6 Å². The molecule has 0 amide bonds. The predicted molar refractivity (Wildman–Crippen MR) is 91.8 cm³/mol. The van der Waals surface area contributed by atoms with Crippen molar-refractivity contribution < 1.29 is 14.6 Å². The molecule has 0 aliphatic heterocycles. The van der Waals surface area contributed by atoms with Gasteiger partial charge >= 0.3 is 5.97 Å². The van der Waals surface area contributed by atoms with Gasteiger partial charge in [0.05, 0.1) is 5.56 Å². The highest BCUT2D eigenvalue weighted by Gasteiger charge is 2.08. The van der Waals surface area contributed by atoms with Gasteiger partial charge in [-0.2, -0.15) is 0 Å². The minimum Gasteiger partial charge on any atom is -0.485 e. The molecule has 0 aliphatic rings. The maximum absolute atomic E-state index is 10.9. The van der Waals surface area contributed by atoms with Gasteiger partial charge in [-0.3, -0.25) is 0 Å². The van der Waals surface area contributed by atoms with E-state index in [4.69, 9.17) is 15.6 Å². The van der Waals surface area contributed by atoms with Crippen LogP contribution in [0.25, 0.3) is 11.1 Å². The number of hydrogen-bond acceptors (Lipinski definition) is 4. The highest BCUT2D eigenvalue weighted by molar-refractivity contribution is 5.88. The van der Waals surface area contributed by atoms with Crippen LogP contribution in [0.3, 0.4) is 0 Å². The van der Waals surface area contributed by atoms with Gasteiger partial charge in [0.1, 0.15) is 6.61 Å². The van der Waals surface area contributed by atoms with Crippen LogP contribution in [0, 0.1) is 0 Å². The van der Waals surface area contributed by atoms with Gasteiger partial charge in [0.25, 0.3) is 0 Å². The quantitative estimate of drug-likeness (QED) is 0.750. The van der Waals surface area contributed by atoms with Crippen LogP contribution in [0.4, 0.5) is 5.82 Å². The first-order valence-electron chi connectivity index (χ1n) is 7.39. The predicted octanol–water partition coefficient (Wildman–Crippen LogP) is 3.61. The first-order valence-corrected chi connectivity index (χ1v) is 7.39. The minimum absolute atomic E-state index is 0.239. The third-order valence-corrected chi connectivity index (χ3v) is 3.58. The fraction of sp³-hybridized carbons (Fsp3) is 0.0526. The second-order valence-corrected chi connectivity index (χ2v) is 5.26. The summed E-state index contributed by atoms with van der Waals surface area (Å²) in [6.07, 6.45) is 1.64. The van der Waals surface area contributed by atoms with Crippen molar-refractivity contribution in [1.82, 2.24) is 4.98 Å². The van der Waals surface area contributed by atoms with Crippen molar-refractivity contribution in [2.24, 2.45) is 0 Å². The molecule has 0 spiro atoms. The number of pyridine rings is 1. The van der Waals surface area contributed by atoms with Crippen molar-refractivity contribution in [3.8, 4) is 16.9 Å². The number of carboxylic acids is 1. The molecule has 0 bridgehead atoms. The Balaban J connectivity index is 1.81. The molecule has 24 heavy (non-hydrogen) atoms. The highest BCUT2D eigenvalue weighted by atomic mass is 16.5. The third-order valence-electron chi connectivity index (χ3n) is 3.58. The van der Waals surface area contributed by atoms with E-state index < -0.39 is 5.97 Å². The molecule has 5 nitrogen and oxygen atoms in total. The number of carbonyl (C=O) groups is 1. The van der Waals surface area contributed by atoms with E-state index in [2.05, 4.69) is 4.98 Å². The average Bonchev–Trinajstić information content (AvgIpc) is 2.62. The number of rotatable bonds is 5. The lowest BCUT2D eigenvalue weighted by atomic mass is 10.1. The first-order chi connectivity index (χ1) is 11.6. The van der Waals surface area contributed by atoms with Gasteiger partial charge in [-0.15, -0.1) is 0 Å². The largest absolute Gasteiger partial charge is 0.485 e. The van der Waals surface area contributed by atoms with E-state index in [0.717, 1.165) is 16.7 Å². The summed E-state index contributed by atoms with van der Waals surface area (Å²) in [5.41, 5.74) is 8.81. The number of nitrogens with two attached hydrogens (primary N) is 1. The number of benzene rings is 2. The Bertz CT molecular complexity index is 846. The smallest absolute Gasteiger partial charge is 0.335 e. The molecule has 0 unspecified atom stereocenters. The fourth-order valence-electron chi connectivity index (χ4n) is 2.27. The van der Waals surface area contributed by atoms with Gasteiger partial charge in [-0.05, 0) is 29.3 Å². The van der Waals surface area contributed by atoms with Crippen LogP contribution in [0.2, 0.25) is 0 Å². The van der Waals surface area contributed by atoms with Crippen molar-refractivity contribution in [2.75, 3.05) is 5.73 Å². The van der Waals surface area contributed by atoms with Gasteiger partial charge in [0, 0.05) is 11.8 Å². The average molecular weight is 320 g/mol. The molecule has 5 heteroatoms. The standard InChI is InChI=1S/C19H16N2O3/c20-18-17(24-12-13-4-2-1-3-5-13)10-16(11-21-18)14-6-8-15(9-7-14)19(22)23/h1-11H,12H2,(H2,20,21)(H,22,23). The van der Waals surface area contributed by atoms with Crippen LogP contribution in [-0.2, 0) is 6.61 Å². The zero-order valence-electron chi connectivity index (χ0n) is 12.8. The lowest BCUT2D eigenvalue weighted by molar-refractivity contribution is 0.0697. The molecule has 1 aromatic heterocycles. The Morgan fingerprint density at radius 2 is 1.75 bits per heavy atom. The molecule has 120 valence electrons. The van der Waals surface area contributed by atoms with Gasteiger partial charge in [-0.1, -0.05) is 42.5 Å². The number of ether oxygens (including phenoxy) is 1. The zero-order valence-corrected chi connectivity index (χ0v) is 12.8. The summed E-state index contributed by atoms with van der Waals surface area (Å²) in [5, 5.41) is 8.96. The number of carboxylic acid groups (broad SMARTS) is 1. The minimum atomic E-state index is -0.955. The van der Waals surface area contributed by atoms with E-state index >= 15 is 0 Å². The number of anilines is 1. The highest BCUT2D eigenvalue weighted by Crippen LogP contribution is 2.27. The van der Waals surface area contributed by atoms with Gasteiger partial charge < -0.3 is 15.6 Å². The normalized spacial score (nSPS) is 10.3. The van der Waals surface area contributed by atoms with Crippen molar-refractivity contribution in [1.29, 1.82) is 0 Å². The van der Waals surface area contributed by atoms with Crippen LogP contribution in [0.15, 0.2) is 66.9 Å². The van der Waals surface area contributed by atoms with Crippen molar-refractivity contribution in [3.05, 3.63) is 78.0 Å². The molecule has 1 heterocycles. The molecule has 0 radical (unpaired) electrons. The van der Waals surface area contributed by atoms with E-state index in [1.165, 1.54) is 0 Å². The summed E-state index contributed by atoms with van der Waals surface area (Å²) < 4.78 is 5.77. The maximum atomic E-state index is 10.9. The van der Waals surface area contributed by atoms with E-state index in [9.17, 15) is 4.79 Å². The fourth-order valence-corrected chi connectivity index (χ4v) is 2.27. The molecule has 2 aromatic carbocycles. The Labute approximate surface area is 139 Å². The number of nitrogens with zero attached hydrogens (tertiary/aromatic N) is 1. The summed E-state index contributed by atoms with van der Waals surface area (Å²) in [6.45, 7) is 0.397. The van der Waals surface area contributed by atoms with Crippen molar-refractivity contribution >= 4 is 11.8 Å². The van der Waals surface area contributed by atoms with Crippen LogP contribution in [-0.4, -0.2) is 16.1 Å². The molecule has 0 fully saturated rings. The van der Waals surface area contributed by atoms with E-state index in [0.29, 0.717) is 18.2 Å². The van der Waals surface area contributed by atoms with Crippen LogP contribution in [0.5, 0.6) is 5.75 Å². The van der Waals surface area contributed by atoms with Crippen molar-refractivity contribution in [2.45, 2.75) is 6.61 Å². The summed E-state index contributed by atoms with van der Waals surface area (Å²) in [6, 6.07) is 18.2. The Hall–Kier alpha value is -3.34. The van der Waals surface area contributed by atoms with Crippen LogP contribution in [0.1, 0.15) is 15.9 Å². The Kier molecular flexibility index (Phi) is 4.43. The van der Waals surface area contributed by atoms with Gasteiger partial charge in [-0.25, -0.2) is 9.78 Å². The topological polar surface area (TPSA) is 85.4 Å².